The number of benzene rings is 2. The van der Waals surface area contributed by atoms with E-state index in [0.29, 0.717) is 22.8 Å². The summed E-state index contributed by atoms with van der Waals surface area (Å²) >= 11 is 5.55. The lowest BCUT2D eigenvalue weighted by atomic mass is 10.2. The maximum atomic E-state index is 10.4. The summed E-state index contributed by atoms with van der Waals surface area (Å²) in [7, 11) is -4.01. The third kappa shape index (κ3) is 7.47. The summed E-state index contributed by atoms with van der Waals surface area (Å²) in [6.07, 6.45) is 0. The molecule has 0 unspecified atom stereocenters. The van der Waals surface area contributed by atoms with Crippen LogP contribution in [-0.4, -0.2) is 36.4 Å². The Morgan fingerprint density at radius 2 is 1.65 bits per heavy atom. The van der Waals surface area contributed by atoms with Gasteiger partial charge in [-0.2, -0.15) is 8.42 Å². The monoisotopic (exact) mass is 403 g/mol. The van der Waals surface area contributed by atoms with Gasteiger partial charge < -0.3 is 27.0 Å². The maximum Gasteiger partial charge on any atom is 0.337 e. The molecule has 8 N–H and O–H groups in total. The van der Waals surface area contributed by atoms with Crippen LogP contribution in [0.3, 0.4) is 0 Å². The smallest absolute Gasteiger partial charge is 0.337 e. The zero-order valence-corrected chi connectivity index (χ0v) is 15.0. The molecule has 0 fully saturated rings. The van der Waals surface area contributed by atoms with Crippen molar-refractivity contribution in [2.75, 3.05) is 29.6 Å². The topological polar surface area (TPSA) is 179 Å². The molecule has 2 aromatic carbocycles. The zero-order chi connectivity index (χ0) is 19.9. The number of aromatic carboxylic acids is 1. The Balaban J connectivity index is 0.000000273. The molecule has 0 spiro atoms. The van der Waals surface area contributed by atoms with Gasteiger partial charge in [-0.3, -0.25) is 4.55 Å². The van der Waals surface area contributed by atoms with Crippen molar-refractivity contribution in [2.45, 2.75) is 0 Å². The molecule has 9 nitrogen and oxygen atoms in total. The number of ether oxygens (including phenoxy) is 1. The van der Waals surface area contributed by atoms with Crippen LogP contribution in [-0.2, 0) is 10.1 Å². The molecule has 0 saturated heterocycles. The highest BCUT2D eigenvalue weighted by Gasteiger charge is 2.07. The zero-order valence-electron chi connectivity index (χ0n) is 13.4. The van der Waals surface area contributed by atoms with Crippen molar-refractivity contribution in [1.29, 1.82) is 0 Å². The van der Waals surface area contributed by atoms with Crippen molar-refractivity contribution < 1.29 is 27.6 Å². The molecule has 142 valence electrons. The number of carbonyl (C=O) groups is 1. The fraction of sp³-hybridized carbons (Fsp3) is 0.133. The molecule has 0 atom stereocenters. The molecule has 0 radical (unpaired) electrons. The highest BCUT2D eigenvalue weighted by atomic mass is 35.5. The Labute approximate surface area is 155 Å². The van der Waals surface area contributed by atoms with Gasteiger partial charge in [-0.1, -0.05) is 11.6 Å². The third-order valence-electron chi connectivity index (χ3n) is 2.86. The summed E-state index contributed by atoms with van der Waals surface area (Å²) in [5.74, 6) is -1.25. The molecule has 0 saturated carbocycles. The Bertz CT molecular complexity index is 889. The molecular formula is C15H18ClN3O6S. The Hall–Kier alpha value is -2.69. The first-order chi connectivity index (χ1) is 12.0. The summed E-state index contributed by atoms with van der Waals surface area (Å²) < 4.78 is 34.3. The van der Waals surface area contributed by atoms with E-state index in [-0.39, 0.29) is 17.2 Å². The standard InChI is InChI=1S/C8H12N2O4S.C7H6ClNO2/c9-6-1-2-7(10)8(5-6)14-3-4-15(11,12)13;8-6-2-1-4(9)3-5(6)7(10)11/h1-2,5H,3-4,9-10H2,(H,11,12,13);1-3H,9H2,(H,10,11). The van der Waals surface area contributed by atoms with E-state index in [4.69, 9.17) is 43.2 Å². The van der Waals surface area contributed by atoms with Crippen molar-refractivity contribution in [2.24, 2.45) is 0 Å². The fourth-order valence-corrected chi connectivity index (χ4v) is 2.13. The van der Waals surface area contributed by atoms with Crippen LogP contribution in [0.15, 0.2) is 36.4 Å². The predicted molar refractivity (Wildman–Crippen MR) is 100 cm³/mol. The van der Waals surface area contributed by atoms with E-state index < -0.39 is 21.8 Å². The van der Waals surface area contributed by atoms with E-state index in [2.05, 4.69) is 0 Å². The number of hydrogen-bond acceptors (Lipinski definition) is 7. The number of carboxylic acid groups (broad SMARTS) is 1. The van der Waals surface area contributed by atoms with Gasteiger partial charge in [-0.25, -0.2) is 4.79 Å². The molecule has 0 amide bonds. The number of anilines is 3. The Morgan fingerprint density at radius 1 is 1.08 bits per heavy atom. The van der Waals surface area contributed by atoms with Crippen molar-refractivity contribution in [3.8, 4) is 5.75 Å². The third-order valence-corrected chi connectivity index (χ3v) is 3.87. The molecule has 0 bridgehead atoms. The van der Waals surface area contributed by atoms with Crippen LogP contribution in [0.2, 0.25) is 5.02 Å². The first-order valence-corrected chi connectivity index (χ1v) is 8.99. The van der Waals surface area contributed by atoms with E-state index in [1.807, 2.05) is 0 Å². The average Bonchev–Trinajstić information content (AvgIpc) is 2.52. The first kappa shape index (κ1) is 21.4. The van der Waals surface area contributed by atoms with E-state index in [1.165, 1.54) is 18.2 Å². The van der Waals surface area contributed by atoms with Gasteiger partial charge in [-0.05, 0) is 30.3 Å². The van der Waals surface area contributed by atoms with Gasteiger partial charge in [0.1, 0.15) is 18.1 Å². The molecular weight excluding hydrogens is 386 g/mol. The summed E-state index contributed by atoms with van der Waals surface area (Å²) in [4.78, 5) is 10.4. The van der Waals surface area contributed by atoms with E-state index in [1.54, 1.807) is 18.2 Å². The van der Waals surface area contributed by atoms with Crippen LogP contribution >= 0.6 is 11.6 Å². The van der Waals surface area contributed by atoms with Crippen LogP contribution in [0.25, 0.3) is 0 Å². The largest absolute Gasteiger partial charge is 0.490 e. The second kappa shape index (κ2) is 9.13. The quantitative estimate of drug-likeness (QED) is 0.367. The van der Waals surface area contributed by atoms with Crippen LogP contribution < -0.4 is 21.9 Å². The summed E-state index contributed by atoms with van der Waals surface area (Å²) in [6.45, 7) is -0.174. The van der Waals surface area contributed by atoms with Gasteiger partial charge in [0, 0.05) is 17.4 Å². The number of halogens is 1. The molecule has 0 aliphatic carbocycles. The van der Waals surface area contributed by atoms with E-state index in [9.17, 15) is 13.2 Å². The molecule has 26 heavy (non-hydrogen) atoms. The van der Waals surface area contributed by atoms with Crippen molar-refractivity contribution >= 4 is 44.8 Å². The number of nitrogen functional groups attached to an aromatic ring is 3. The highest BCUT2D eigenvalue weighted by Crippen LogP contribution is 2.23. The van der Waals surface area contributed by atoms with Crippen molar-refractivity contribution in [1.82, 2.24) is 0 Å². The maximum absolute atomic E-state index is 10.4. The van der Waals surface area contributed by atoms with Crippen LogP contribution in [0.1, 0.15) is 10.4 Å². The van der Waals surface area contributed by atoms with Gasteiger partial charge in [-0.15, -0.1) is 0 Å². The number of carboxylic acids is 1. The summed E-state index contributed by atoms with van der Waals surface area (Å²) in [6, 6.07) is 8.97. The van der Waals surface area contributed by atoms with Gasteiger partial charge in [0.2, 0.25) is 0 Å². The second-order valence-corrected chi connectivity index (χ2v) is 6.96. The van der Waals surface area contributed by atoms with Gasteiger partial charge in [0.05, 0.1) is 16.3 Å². The number of nitrogens with two attached hydrogens (primary N) is 3. The van der Waals surface area contributed by atoms with Crippen molar-refractivity contribution in [3.05, 3.63) is 47.0 Å². The number of hydrogen-bond donors (Lipinski definition) is 5. The second-order valence-electron chi connectivity index (χ2n) is 4.98. The van der Waals surface area contributed by atoms with E-state index >= 15 is 0 Å². The fourth-order valence-electron chi connectivity index (χ4n) is 1.64. The minimum absolute atomic E-state index is 0.0340. The SMILES string of the molecule is Nc1ccc(Cl)c(C(=O)O)c1.Nc1ccc(N)c(OCCS(=O)(=O)O)c1. The van der Waals surface area contributed by atoms with Gasteiger partial charge in [0.15, 0.2) is 0 Å². The predicted octanol–water partition coefficient (Wildman–Crippen LogP) is 1.74. The average molecular weight is 404 g/mol. The minimum atomic E-state index is -4.01. The molecule has 2 rings (SSSR count). The lowest BCUT2D eigenvalue weighted by molar-refractivity contribution is 0.0697. The summed E-state index contributed by atoms with van der Waals surface area (Å²) in [5, 5.41) is 8.75. The molecule has 11 heteroatoms. The lowest BCUT2D eigenvalue weighted by Crippen LogP contribution is -2.13. The molecule has 2 aromatic rings. The van der Waals surface area contributed by atoms with Crippen LogP contribution in [0.5, 0.6) is 5.75 Å². The van der Waals surface area contributed by atoms with E-state index in [0.717, 1.165) is 0 Å². The van der Waals surface area contributed by atoms with Crippen LogP contribution in [0.4, 0.5) is 17.1 Å². The molecule has 0 aliphatic rings. The Kier molecular flexibility index (Phi) is 7.50. The number of rotatable bonds is 5. The van der Waals surface area contributed by atoms with Crippen molar-refractivity contribution in [3.63, 3.8) is 0 Å². The lowest BCUT2D eigenvalue weighted by Gasteiger charge is -2.08. The molecule has 0 aromatic heterocycles. The normalized spacial score (nSPS) is 10.5. The first-order valence-electron chi connectivity index (χ1n) is 7.01. The molecule has 0 heterocycles. The molecule has 0 aliphatic heterocycles. The van der Waals surface area contributed by atoms with Gasteiger partial charge >= 0.3 is 5.97 Å². The summed E-state index contributed by atoms with van der Waals surface area (Å²) in [5.41, 5.74) is 17.6. The highest BCUT2D eigenvalue weighted by molar-refractivity contribution is 7.85. The van der Waals surface area contributed by atoms with Crippen LogP contribution in [0, 0.1) is 0 Å². The van der Waals surface area contributed by atoms with Gasteiger partial charge in [0.25, 0.3) is 10.1 Å². The minimum Gasteiger partial charge on any atom is -0.490 e. The Morgan fingerprint density at radius 3 is 2.19 bits per heavy atom.